The van der Waals surface area contributed by atoms with Gasteiger partial charge < -0.3 is 37.9 Å². The van der Waals surface area contributed by atoms with Crippen molar-refractivity contribution in [1.82, 2.24) is 0 Å². The standard InChI is InChI=1S/C25H32O10/c1-28-17-9-15(10-18(29-2)21(17)32-5)13-25(23(26)34-7,24(27)35-8)14-16-11-19(30-3)22(33-6)20(12-16)31-4/h9-12H,13-14H2,1-8H3. The lowest BCUT2D eigenvalue weighted by atomic mass is 9.76. The second-order valence-corrected chi connectivity index (χ2v) is 7.49. The average Bonchev–Trinajstić information content (AvgIpc) is 2.89. The van der Waals surface area contributed by atoms with Crippen LogP contribution in [0.3, 0.4) is 0 Å². The highest BCUT2D eigenvalue weighted by atomic mass is 16.6. The van der Waals surface area contributed by atoms with Crippen LogP contribution in [-0.2, 0) is 31.9 Å². The molecule has 0 heterocycles. The van der Waals surface area contributed by atoms with E-state index in [1.54, 1.807) is 24.3 Å². The molecule has 0 aliphatic heterocycles. The molecule has 0 radical (unpaired) electrons. The fourth-order valence-corrected chi connectivity index (χ4v) is 4.00. The number of hydrogen-bond acceptors (Lipinski definition) is 10. The van der Waals surface area contributed by atoms with E-state index in [9.17, 15) is 9.59 Å². The first-order chi connectivity index (χ1) is 16.8. The second kappa shape index (κ2) is 12.0. The quantitative estimate of drug-likeness (QED) is 0.324. The summed E-state index contributed by atoms with van der Waals surface area (Å²) >= 11 is 0. The zero-order valence-electron chi connectivity index (χ0n) is 21.3. The van der Waals surface area contributed by atoms with Gasteiger partial charge in [-0.1, -0.05) is 0 Å². The van der Waals surface area contributed by atoms with E-state index in [2.05, 4.69) is 0 Å². The molecular formula is C25H32O10. The first kappa shape index (κ1) is 27.4. The lowest BCUT2D eigenvalue weighted by Crippen LogP contribution is -2.45. The van der Waals surface area contributed by atoms with Gasteiger partial charge in [-0.05, 0) is 48.2 Å². The molecular weight excluding hydrogens is 460 g/mol. The van der Waals surface area contributed by atoms with Crippen molar-refractivity contribution >= 4 is 11.9 Å². The first-order valence-corrected chi connectivity index (χ1v) is 10.5. The normalized spacial score (nSPS) is 10.7. The van der Waals surface area contributed by atoms with Crippen LogP contribution in [-0.4, -0.2) is 68.8 Å². The number of methoxy groups -OCH3 is 8. The van der Waals surface area contributed by atoms with Crippen LogP contribution in [0.4, 0.5) is 0 Å². The summed E-state index contributed by atoms with van der Waals surface area (Å²) in [6.45, 7) is 0. The minimum Gasteiger partial charge on any atom is -0.493 e. The Morgan fingerprint density at radius 1 is 0.543 bits per heavy atom. The Morgan fingerprint density at radius 3 is 1.03 bits per heavy atom. The van der Waals surface area contributed by atoms with E-state index in [1.165, 1.54) is 56.9 Å². The molecule has 10 nitrogen and oxygen atoms in total. The maximum atomic E-state index is 13.2. The number of ether oxygens (including phenoxy) is 8. The molecule has 0 saturated heterocycles. The number of benzene rings is 2. The van der Waals surface area contributed by atoms with E-state index >= 15 is 0 Å². The van der Waals surface area contributed by atoms with Gasteiger partial charge in [-0.25, -0.2) is 0 Å². The minimum absolute atomic E-state index is 0.0836. The molecule has 2 rings (SSSR count). The Balaban J connectivity index is 2.71. The lowest BCUT2D eigenvalue weighted by molar-refractivity contribution is -0.169. The molecule has 0 aliphatic rings. The SMILES string of the molecule is COC(=O)C(Cc1cc(OC)c(OC)c(OC)c1)(Cc1cc(OC)c(OC)c(OC)c1)C(=O)OC. The fraction of sp³-hybridized carbons (Fsp3) is 0.440. The van der Waals surface area contributed by atoms with Crippen LogP contribution in [0.15, 0.2) is 24.3 Å². The van der Waals surface area contributed by atoms with E-state index < -0.39 is 17.4 Å². The van der Waals surface area contributed by atoms with Crippen LogP contribution >= 0.6 is 0 Å². The van der Waals surface area contributed by atoms with Crippen LogP contribution in [0.1, 0.15) is 11.1 Å². The van der Waals surface area contributed by atoms with Gasteiger partial charge in [0.15, 0.2) is 28.4 Å². The Labute approximate surface area is 204 Å². The molecule has 35 heavy (non-hydrogen) atoms. The summed E-state index contributed by atoms with van der Waals surface area (Å²) in [6, 6.07) is 6.66. The van der Waals surface area contributed by atoms with Crippen molar-refractivity contribution in [2.75, 3.05) is 56.9 Å². The van der Waals surface area contributed by atoms with Gasteiger partial charge >= 0.3 is 11.9 Å². The predicted molar refractivity (Wildman–Crippen MR) is 126 cm³/mol. The zero-order valence-corrected chi connectivity index (χ0v) is 21.3. The van der Waals surface area contributed by atoms with Gasteiger partial charge in [-0.3, -0.25) is 9.59 Å². The Bertz CT molecular complexity index is 913. The third-order valence-corrected chi connectivity index (χ3v) is 5.61. The van der Waals surface area contributed by atoms with E-state index in [1.807, 2.05) is 0 Å². The summed E-state index contributed by atoms with van der Waals surface area (Å²) in [7, 11) is 11.3. The summed E-state index contributed by atoms with van der Waals surface area (Å²) in [6.07, 6.45) is -0.167. The summed E-state index contributed by atoms with van der Waals surface area (Å²) in [5.74, 6) is 0.710. The summed E-state index contributed by atoms with van der Waals surface area (Å²) in [5.41, 5.74) is -0.635. The van der Waals surface area contributed by atoms with Crippen LogP contribution in [0.5, 0.6) is 34.5 Å². The van der Waals surface area contributed by atoms with E-state index in [0.29, 0.717) is 45.6 Å². The maximum absolute atomic E-state index is 13.2. The minimum atomic E-state index is -1.75. The molecule has 0 aromatic heterocycles. The Morgan fingerprint density at radius 2 is 0.829 bits per heavy atom. The highest BCUT2D eigenvalue weighted by Crippen LogP contribution is 2.43. The van der Waals surface area contributed by atoms with Crippen LogP contribution < -0.4 is 28.4 Å². The molecule has 0 amide bonds. The first-order valence-electron chi connectivity index (χ1n) is 10.5. The number of carbonyl (C=O) groups excluding carboxylic acids is 2. The Kier molecular flexibility index (Phi) is 9.44. The maximum Gasteiger partial charge on any atom is 0.323 e. The molecule has 10 heteroatoms. The molecule has 0 bridgehead atoms. The molecule has 0 aliphatic carbocycles. The summed E-state index contributed by atoms with van der Waals surface area (Å²) in [4.78, 5) is 26.4. The number of esters is 2. The largest absolute Gasteiger partial charge is 0.493 e. The van der Waals surface area contributed by atoms with Crippen LogP contribution in [0.25, 0.3) is 0 Å². The molecule has 2 aromatic rings. The third kappa shape index (κ3) is 5.47. The van der Waals surface area contributed by atoms with Crippen molar-refractivity contribution in [1.29, 1.82) is 0 Å². The summed E-state index contributed by atoms with van der Waals surface area (Å²) < 4.78 is 42.6. The fourth-order valence-electron chi connectivity index (χ4n) is 4.00. The van der Waals surface area contributed by atoms with Crippen LogP contribution in [0.2, 0.25) is 0 Å². The van der Waals surface area contributed by atoms with Crippen molar-refractivity contribution in [2.24, 2.45) is 5.41 Å². The number of rotatable bonds is 12. The van der Waals surface area contributed by atoms with Gasteiger partial charge in [-0.2, -0.15) is 0 Å². The van der Waals surface area contributed by atoms with Crippen molar-refractivity contribution < 1.29 is 47.5 Å². The van der Waals surface area contributed by atoms with Gasteiger partial charge in [0.25, 0.3) is 0 Å². The molecule has 192 valence electrons. The second-order valence-electron chi connectivity index (χ2n) is 7.49. The van der Waals surface area contributed by atoms with Gasteiger partial charge in [0, 0.05) is 0 Å². The van der Waals surface area contributed by atoms with Gasteiger partial charge in [0.05, 0.1) is 56.9 Å². The number of carbonyl (C=O) groups is 2. The van der Waals surface area contributed by atoms with E-state index in [0.717, 1.165) is 0 Å². The van der Waals surface area contributed by atoms with Gasteiger partial charge in [0.1, 0.15) is 0 Å². The van der Waals surface area contributed by atoms with Gasteiger partial charge in [0.2, 0.25) is 11.5 Å². The van der Waals surface area contributed by atoms with E-state index in [4.69, 9.17) is 37.9 Å². The van der Waals surface area contributed by atoms with Crippen molar-refractivity contribution in [3.8, 4) is 34.5 Å². The predicted octanol–water partition coefficient (Wildman–Crippen LogP) is 2.86. The zero-order chi connectivity index (χ0) is 26.2. The lowest BCUT2D eigenvalue weighted by Gasteiger charge is -2.29. The van der Waals surface area contributed by atoms with Crippen LogP contribution in [0, 0.1) is 5.41 Å². The Hall–Kier alpha value is -3.82. The smallest absolute Gasteiger partial charge is 0.323 e. The average molecular weight is 493 g/mol. The molecule has 0 spiro atoms. The van der Waals surface area contributed by atoms with Crippen molar-refractivity contribution in [3.63, 3.8) is 0 Å². The van der Waals surface area contributed by atoms with Crippen molar-refractivity contribution in [3.05, 3.63) is 35.4 Å². The molecule has 0 saturated carbocycles. The highest BCUT2D eigenvalue weighted by molar-refractivity contribution is 6.00. The molecule has 0 fully saturated rings. The molecule has 0 N–H and O–H groups in total. The van der Waals surface area contributed by atoms with Crippen molar-refractivity contribution in [2.45, 2.75) is 12.8 Å². The topological polar surface area (TPSA) is 108 Å². The molecule has 2 aromatic carbocycles. The number of hydrogen-bond donors (Lipinski definition) is 0. The van der Waals surface area contributed by atoms with Gasteiger partial charge in [-0.15, -0.1) is 0 Å². The van der Waals surface area contributed by atoms with E-state index in [-0.39, 0.29) is 12.8 Å². The summed E-state index contributed by atoms with van der Waals surface area (Å²) in [5, 5.41) is 0. The highest BCUT2D eigenvalue weighted by Gasteiger charge is 2.49. The molecule has 0 unspecified atom stereocenters. The molecule has 0 atom stereocenters. The third-order valence-electron chi connectivity index (χ3n) is 5.61. The monoisotopic (exact) mass is 492 g/mol.